The summed E-state index contributed by atoms with van der Waals surface area (Å²) >= 11 is 0. The van der Waals surface area contributed by atoms with Crippen molar-refractivity contribution in [1.29, 1.82) is 0 Å². The van der Waals surface area contributed by atoms with Crippen LogP contribution in [0.4, 0.5) is 13.2 Å². The zero-order chi connectivity index (χ0) is 9.28. The Morgan fingerprint density at radius 3 is 1.82 bits per heavy atom. The topological polar surface area (TPSA) is 0 Å². The first-order chi connectivity index (χ1) is 4.72. The van der Waals surface area contributed by atoms with E-state index in [1.165, 1.54) is 12.6 Å². The zero-order valence-corrected chi connectivity index (χ0v) is 8.00. The van der Waals surface area contributed by atoms with Crippen LogP contribution in [0, 0.1) is 0 Å². The van der Waals surface area contributed by atoms with Crippen LogP contribution in [0.25, 0.3) is 0 Å². The van der Waals surface area contributed by atoms with E-state index in [-0.39, 0.29) is 0 Å². The van der Waals surface area contributed by atoms with E-state index >= 15 is 0 Å². The predicted octanol–water partition coefficient (Wildman–Crippen LogP) is 3.37. The molecule has 0 nitrogen and oxygen atoms in total. The molecule has 0 saturated carbocycles. The van der Waals surface area contributed by atoms with Crippen LogP contribution in [0.5, 0.6) is 0 Å². The number of hydrogen-bond donors (Lipinski definition) is 0. The Balaban J connectivity index is 4.48. The van der Waals surface area contributed by atoms with E-state index in [0.29, 0.717) is 0 Å². The first-order valence-electron chi connectivity index (χ1n) is 3.42. The van der Waals surface area contributed by atoms with Crippen molar-refractivity contribution >= 4 is 8.07 Å². The van der Waals surface area contributed by atoms with Gasteiger partial charge in [-0.3, -0.25) is 0 Å². The molecular weight excluding hydrogens is 169 g/mol. The highest BCUT2D eigenvalue weighted by Gasteiger charge is 2.45. The lowest BCUT2D eigenvalue weighted by Crippen LogP contribution is -2.37. The summed E-state index contributed by atoms with van der Waals surface area (Å²) < 4.78 is 36.4. The predicted molar refractivity (Wildman–Crippen MR) is 43.2 cm³/mol. The van der Waals surface area contributed by atoms with Crippen molar-refractivity contribution in [3.05, 3.63) is 12.3 Å². The molecule has 0 fully saturated rings. The van der Waals surface area contributed by atoms with Crippen molar-refractivity contribution in [3.8, 4) is 0 Å². The fourth-order valence-electron chi connectivity index (χ4n) is 0.599. The van der Waals surface area contributed by atoms with Gasteiger partial charge in [-0.05, 0) is 0 Å². The van der Waals surface area contributed by atoms with E-state index in [1.807, 2.05) is 0 Å². The van der Waals surface area contributed by atoms with Crippen molar-refractivity contribution in [3.63, 3.8) is 0 Å². The summed E-state index contributed by atoms with van der Waals surface area (Å²) in [6.45, 7) is 7.99. The maximum atomic E-state index is 12.1. The van der Waals surface area contributed by atoms with Gasteiger partial charge in [0.05, 0.1) is 8.07 Å². The second-order valence-corrected chi connectivity index (χ2v) is 8.21. The summed E-state index contributed by atoms with van der Waals surface area (Å²) in [6, 6.07) is 0. The average Bonchev–Trinajstić information content (AvgIpc) is 1.84. The molecule has 0 spiro atoms. The minimum Gasteiger partial charge on any atom is -0.171 e. The van der Waals surface area contributed by atoms with Gasteiger partial charge in [-0.25, -0.2) is 0 Å². The number of alkyl halides is 3. The highest BCUT2D eigenvalue weighted by atomic mass is 28.3. The standard InChI is InChI=1S/C7H13F3Si/c1-5-11(3,4)6(2)7(8,9)10/h5-6H,1H2,2-4H3. The van der Waals surface area contributed by atoms with Crippen LogP contribution in [0.1, 0.15) is 6.92 Å². The second kappa shape index (κ2) is 3.01. The normalized spacial score (nSPS) is 16.2. The Morgan fingerprint density at radius 1 is 1.36 bits per heavy atom. The van der Waals surface area contributed by atoms with Crippen molar-refractivity contribution in [2.24, 2.45) is 0 Å². The lowest BCUT2D eigenvalue weighted by atomic mass is 10.5. The van der Waals surface area contributed by atoms with E-state index in [1.54, 1.807) is 13.1 Å². The van der Waals surface area contributed by atoms with Gasteiger partial charge in [0.2, 0.25) is 0 Å². The lowest BCUT2D eigenvalue weighted by molar-refractivity contribution is -0.131. The molecule has 0 aliphatic heterocycles. The van der Waals surface area contributed by atoms with Gasteiger partial charge in [0, 0.05) is 5.54 Å². The molecule has 0 saturated heterocycles. The van der Waals surface area contributed by atoms with Crippen LogP contribution in [0.15, 0.2) is 12.3 Å². The van der Waals surface area contributed by atoms with Gasteiger partial charge in [0.15, 0.2) is 0 Å². The zero-order valence-electron chi connectivity index (χ0n) is 7.00. The van der Waals surface area contributed by atoms with Gasteiger partial charge in [0.25, 0.3) is 0 Å². The van der Waals surface area contributed by atoms with E-state index in [4.69, 9.17) is 0 Å². The summed E-state index contributed by atoms with van der Waals surface area (Å²) in [7, 11) is -2.28. The summed E-state index contributed by atoms with van der Waals surface area (Å²) in [5, 5.41) is 0. The number of hydrogen-bond acceptors (Lipinski definition) is 0. The maximum absolute atomic E-state index is 12.1. The van der Waals surface area contributed by atoms with E-state index < -0.39 is 19.8 Å². The van der Waals surface area contributed by atoms with Gasteiger partial charge in [-0.15, -0.1) is 12.3 Å². The number of halogens is 3. The summed E-state index contributed by atoms with van der Waals surface area (Å²) in [5.74, 6) is 0. The van der Waals surface area contributed by atoms with Gasteiger partial charge in [0.1, 0.15) is 0 Å². The molecule has 0 bridgehead atoms. The fraction of sp³-hybridized carbons (Fsp3) is 0.714. The monoisotopic (exact) mass is 182 g/mol. The molecular formula is C7H13F3Si. The molecule has 0 aromatic carbocycles. The van der Waals surface area contributed by atoms with Gasteiger partial charge in [-0.2, -0.15) is 13.2 Å². The van der Waals surface area contributed by atoms with Gasteiger partial charge < -0.3 is 0 Å². The van der Waals surface area contributed by atoms with E-state index in [9.17, 15) is 13.2 Å². The van der Waals surface area contributed by atoms with Crippen molar-refractivity contribution in [2.75, 3.05) is 0 Å². The smallest absolute Gasteiger partial charge is 0.171 e. The van der Waals surface area contributed by atoms with Crippen LogP contribution < -0.4 is 0 Å². The average molecular weight is 182 g/mol. The van der Waals surface area contributed by atoms with Crippen molar-refractivity contribution in [2.45, 2.75) is 31.7 Å². The third-order valence-corrected chi connectivity index (χ3v) is 5.74. The number of rotatable bonds is 2. The molecule has 0 amide bonds. The molecule has 4 heteroatoms. The Kier molecular flexibility index (Phi) is 2.94. The van der Waals surface area contributed by atoms with Crippen molar-refractivity contribution in [1.82, 2.24) is 0 Å². The Hall–Kier alpha value is -0.253. The van der Waals surface area contributed by atoms with Gasteiger partial charge in [-0.1, -0.05) is 20.0 Å². The molecule has 0 radical (unpaired) electrons. The van der Waals surface area contributed by atoms with E-state index in [2.05, 4.69) is 6.58 Å². The minimum absolute atomic E-state index is 1.20. The third kappa shape index (κ3) is 2.69. The SMILES string of the molecule is C=C[Si](C)(C)C(C)C(F)(F)F. The van der Waals surface area contributed by atoms with Gasteiger partial charge >= 0.3 is 6.18 Å². The first kappa shape index (κ1) is 10.7. The van der Waals surface area contributed by atoms with Crippen LogP contribution in [-0.2, 0) is 0 Å². The Bertz CT molecular complexity index is 148. The summed E-state index contributed by atoms with van der Waals surface area (Å²) in [6.07, 6.45) is -4.07. The molecule has 0 N–H and O–H groups in total. The van der Waals surface area contributed by atoms with Crippen LogP contribution in [0.3, 0.4) is 0 Å². The Labute approximate surface area is 66.1 Å². The third-order valence-electron chi connectivity index (χ3n) is 2.13. The summed E-state index contributed by atoms with van der Waals surface area (Å²) in [4.78, 5) is 0. The molecule has 66 valence electrons. The van der Waals surface area contributed by atoms with Crippen LogP contribution in [0.2, 0.25) is 18.6 Å². The second-order valence-electron chi connectivity index (χ2n) is 3.29. The highest BCUT2D eigenvalue weighted by Crippen LogP contribution is 2.38. The first-order valence-corrected chi connectivity index (χ1v) is 6.57. The molecule has 0 aromatic heterocycles. The molecule has 0 rings (SSSR count). The Morgan fingerprint density at radius 2 is 1.73 bits per heavy atom. The molecule has 0 aromatic rings. The largest absolute Gasteiger partial charge is 0.389 e. The molecule has 11 heavy (non-hydrogen) atoms. The van der Waals surface area contributed by atoms with Crippen LogP contribution in [-0.4, -0.2) is 14.3 Å². The van der Waals surface area contributed by atoms with Crippen molar-refractivity contribution < 1.29 is 13.2 Å². The molecule has 1 atom stereocenters. The van der Waals surface area contributed by atoms with E-state index in [0.717, 1.165) is 0 Å². The minimum atomic E-state index is -4.07. The quantitative estimate of drug-likeness (QED) is 0.574. The molecule has 0 heterocycles. The maximum Gasteiger partial charge on any atom is 0.389 e. The lowest BCUT2D eigenvalue weighted by Gasteiger charge is -2.27. The fourth-order valence-corrected chi connectivity index (χ4v) is 1.80. The molecule has 0 aliphatic carbocycles. The summed E-state index contributed by atoms with van der Waals surface area (Å²) in [5.41, 5.74) is 0.276. The highest BCUT2D eigenvalue weighted by molar-refractivity contribution is 6.83. The van der Waals surface area contributed by atoms with Crippen LogP contribution >= 0.6 is 0 Å². The molecule has 1 unspecified atom stereocenters. The molecule has 0 aliphatic rings.